The highest BCUT2D eigenvalue weighted by Gasteiger charge is 2.45. The van der Waals surface area contributed by atoms with E-state index in [1.165, 1.54) is 23.1 Å². The van der Waals surface area contributed by atoms with Gasteiger partial charge in [-0.2, -0.15) is 0 Å². The zero-order chi connectivity index (χ0) is 18.1. The Morgan fingerprint density at radius 2 is 2.08 bits per heavy atom. The Morgan fingerprint density at radius 1 is 1.23 bits per heavy atom. The van der Waals surface area contributed by atoms with Crippen LogP contribution in [0.2, 0.25) is 0 Å². The summed E-state index contributed by atoms with van der Waals surface area (Å²) in [5.41, 5.74) is -0.0357. The molecule has 3 unspecified atom stereocenters. The van der Waals surface area contributed by atoms with Crippen LogP contribution in [-0.4, -0.2) is 30.9 Å². The lowest BCUT2D eigenvalue weighted by Crippen LogP contribution is -2.74. The number of fused-ring (bicyclic) bond motifs is 1. The first-order chi connectivity index (χ1) is 12.6. The van der Waals surface area contributed by atoms with Crippen LogP contribution in [-0.2, 0) is 11.3 Å². The summed E-state index contributed by atoms with van der Waals surface area (Å²) < 4.78 is 14.0. The molecule has 0 bridgehead atoms. The number of hydrogen-bond acceptors (Lipinski definition) is 6. The van der Waals surface area contributed by atoms with Crippen molar-refractivity contribution >= 4 is 29.0 Å². The minimum atomic E-state index is -0.632. The molecule has 1 aromatic heterocycles. The first-order valence-corrected chi connectivity index (χ1v) is 9.15. The minimum Gasteiger partial charge on any atom is -0.321 e. The van der Waals surface area contributed by atoms with Crippen molar-refractivity contribution in [1.82, 2.24) is 21.3 Å². The normalized spacial score (nSPS) is 25.7. The van der Waals surface area contributed by atoms with Gasteiger partial charge >= 0.3 is 6.03 Å². The van der Waals surface area contributed by atoms with Crippen molar-refractivity contribution in [1.29, 1.82) is 0 Å². The van der Waals surface area contributed by atoms with E-state index in [-0.39, 0.29) is 12.0 Å². The lowest BCUT2D eigenvalue weighted by atomic mass is 9.99. The Morgan fingerprint density at radius 3 is 2.85 bits per heavy atom. The molecule has 0 radical (unpaired) electrons. The minimum absolute atomic E-state index is 0.0357. The first-order valence-electron chi connectivity index (χ1n) is 8.27. The van der Waals surface area contributed by atoms with Gasteiger partial charge < -0.3 is 5.32 Å². The molecule has 7 nitrogen and oxygen atoms in total. The van der Waals surface area contributed by atoms with Crippen molar-refractivity contribution < 1.29 is 14.0 Å². The summed E-state index contributed by atoms with van der Waals surface area (Å²) in [5.74, 6) is -1.56. The van der Waals surface area contributed by atoms with Crippen LogP contribution in [0.25, 0.3) is 0 Å². The molecule has 3 heterocycles. The predicted molar refractivity (Wildman–Crippen MR) is 95.8 cm³/mol. The van der Waals surface area contributed by atoms with Gasteiger partial charge in [0.05, 0.1) is 17.8 Å². The predicted octanol–water partition coefficient (Wildman–Crippen LogP) is 1.15. The van der Waals surface area contributed by atoms with E-state index in [1.54, 1.807) is 17.4 Å². The van der Waals surface area contributed by atoms with Gasteiger partial charge in [0.15, 0.2) is 0 Å². The maximum atomic E-state index is 14.0. The molecule has 9 heteroatoms. The smallest absolute Gasteiger partial charge is 0.321 e. The molecule has 3 amide bonds. The number of nitrogens with one attached hydrogen (secondary N) is 4. The van der Waals surface area contributed by atoms with Gasteiger partial charge in [-0.05, 0) is 23.6 Å². The van der Waals surface area contributed by atoms with Gasteiger partial charge in [0.2, 0.25) is 5.91 Å². The molecule has 26 heavy (non-hydrogen) atoms. The van der Waals surface area contributed by atoms with Crippen LogP contribution in [0.5, 0.6) is 0 Å². The lowest BCUT2D eigenvalue weighted by Gasteiger charge is -2.43. The summed E-state index contributed by atoms with van der Waals surface area (Å²) in [6.45, 7) is 1.03. The average Bonchev–Trinajstić information content (AvgIpc) is 3.15. The zero-order valence-corrected chi connectivity index (χ0v) is 14.6. The van der Waals surface area contributed by atoms with Crippen molar-refractivity contribution in [3.8, 4) is 0 Å². The topological polar surface area (TPSA) is 85.5 Å². The fourth-order valence-corrected chi connectivity index (χ4v) is 3.82. The summed E-state index contributed by atoms with van der Waals surface area (Å²) in [4.78, 5) is 27.2. The van der Waals surface area contributed by atoms with Crippen molar-refractivity contribution in [2.45, 2.75) is 19.0 Å². The van der Waals surface area contributed by atoms with Crippen molar-refractivity contribution in [2.24, 2.45) is 5.92 Å². The third kappa shape index (κ3) is 3.21. The molecule has 4 rings (SSSR count). The molecule has 3 atom stereocenters. The number of anilines is 1. The number of benzene rings is 1. The average molecular weight is 375 g/mol. The van der Waals surface area contributed by atoms with Gasteiger partial charge in [-0.15, -0.1) is 11.3 Å². The standard InChI is InChI=1S/C17H18FN5O2S/c18-12-5-1-2-6-13(12)23-15(24)11-9-20-16(21-14(11)22-17(23)25)19-8-10-4-3-7-26-10/h1-7,11,14,16,19-21H,8-9H2,(H,22,25). The van der Waals surface area contributed by atoms with Gasteiger partial charge in [-0.25, -0.2) is 14.1 Å². The van der Waals surface area contributed by atoms with Crippen LogP contribution >= 0.6 is 11.3 Å². The van der Waals surface area contributed by atoms with E-state index in [9.17, 15) is 14.0 Å². The summed E-state index contributed by atoms with van der Waals surface area (Å²) in [6, 6.07) is 9.13. The molecule has 2 aliphatic heterocycles. The lowest BCUT2D eigenvalue weighted by molar-refractivity contribution is -0.124. The van der Waals surface area contributed by atoms with Crippen LogP contribution < -0.4 is 26.2 Å². The zero-order valence-electron chi connectivity index (χ0n) is 13.7. The van der Waals surface area contributed by atoms with Gasteiger partial charge in [-0.1, -0.05) is 18.2 Å². The SMILES string of the molecule is O=C1NC2NC(NCc3cccs3)NCC2C(=O)N1c1ccccc1F. The van der Waals surface area contributed by atoms with Gasteiger partial charge in [0, 0.05) is 18.0 Å². The molecule has 0 aliphatic carbocycles. The number of hydrogen-bond donors (Lipinski definition) is 4. The fourth-order valence-electron chi connectivity index (χ4n) is 3.16. The van der Waals surface area contributed by atoms with E-state index in [0.717, 1.165) is 4.90 Å². The van der Waals surface area contributed by atoms with E-state index < -0.39 is 29.8 Å². The monoisotopic (exact) mass is 375 g/mol. The van der Waals surface area contributed by atoms with E-state index >= 15 is 0 Å². The molecular formula is C17H18FN5O2S. The quantitative estimate of drug-likeness (QED) is 0.644. The van der Waals surface area contributed by atoms with Crippen LogP contribution in [0, 0.1) is 11.7 Å². The van der Waals surface area contributed by atoms with Gasteiger partial charge in [-0.3, -0.25) is 20.7 Å². The number of carbonyl (C=O) groups is 2. The molecule has 2 aromatic rings. The summed E-state index contributed by atoms with van der Waals surface area (Å²) in [6.07, 6.45) is -0.758. The number of para-hydroxylation sites is 1. The highest BCUT2D eigenvalue weighted by Crippen LogP contribution is 2.25. The molecule has 2 aliphatic rings. The van der Waals surface area contributed by atoms with Gasteiger partial charge in [0.1, 0.15) is 12.1 Å². The second kappa shape index (κ2) is 7.12. The second-order valence-electron chi connectivity index (χ2n) is 6.13. The van der Waals surface area contributed by atoms with Crippen LogP contribution in [0.4, 0.5) is 14.9 Å². The van der Waals surface area contributed by atoms with E-state index in [0.29, 0.717) is 13.1 Å². The first kappa shape index (κ1) is 17.1. The number of thiophene rings is 1. The number of carbonyl (C=O) groups excluding carboxylic acids is 2. The molecule has 1 aromatic carbocycles. The Bertz CT molecular complexity index is 815. The summed E-state index contributed by atoms with van der Waals surface area (Å²) in [7, 11) is 0. The Balaban J connectivity index is 1.44. The number of urea groups is 1. The molecule has 2 saturated heterocycles. The van der Waals surface area contributed by atoms with E-state index in [2.05, 4.69) is 21.3 Å². The van der Waals surface area contributed by atoms with Crippen LogP contribution in [0.3, 0.4) is 0 Å². The molecule has 4 N–H and O–H groups in total. The molecule has 136 valence electrons. The number of halogens is 1. The van der Waals surface area contributed by atoms with Crippen molar-refractivity contribution in [3.63, 3.8) is 0 Å². The molecule has 2 fully saturated rings. The molecule has 0 saturated carbocycles. The fraction of sp³-hybridized carbons (Fsp3) is 0.294. The van der Waals surface area contributed by atoms with E-state index in [1.807, 2.05) is 17.5 Å². The number of rotatable bonds is 4. The largest absolute Gasteiger partial charge is 0.330 e. The third-order valence-corrected chi connectivity index (χ3v) is 5.34. The Hall–Kier alpha value is -2.33. The van der Waals surface area contributed by atoms with Crippen molar-refractivity contribution in [2.75, 3.05) is 11.4 Å². The summed E-state index contributed by atoms with van der Waals surface area (Å²) >= 11 is 1.65. The Kier molecular flexibility index (Phi) is 4.68. The maximum Gasteiger partial charge on any atom is 0.330 e. The third-order valence-electron chi connectivity index (χ3n) is 4.46. The number of nitrogens with zero attached hydrogens (tertiary/aromatic N) is 1. The van der Waals surface area contributed by atoms with Crippen LogP contribution in [0.15, 0.2) is 41.8 Å². The van der Waals surface area contributed by atoms with Crippen molar-refractivity contribution in [3.05, 3.63) is 52.5 Å². The highest BCUT2D eigenvalue weighted by molar-refractivity contribution is 7.09. The molecule has 0 spiro atoms. The highest BCUT2D eigenvalue weighted by atomic mass is 32.1. The van der Waals surface area contributed by atoms with Crippen LogP contribution in [0.1, 0.15) is 4.88 Å². The van der Waals surface area contributed by atoms with Gasteiger partial charge in [0.25, 0.3) is 0 Å². The molecular weight excluding hydrogens is 357 g/mol. The summed E-state index contributed by atoms with van der Waals surface area (Å²) in [5, 5.41) is 14.4. The van der Waals surface area contributed by atoms with E-state index in [4.69, 9.17) is 0 Å². The maximum absolute atomic E-state index is 14.0. The number of imide groups is 1. The number of amides is 3. The Labute approximate surface area is 153 Å². The second-order valence-corrected chi connectivity index (χ2v) is 7.16.